The molecule has 1 aromatic rings. The van der Waals surface area contributed by atoms with E-state index in [9.17, 15) is 0 Å². The van der Waals surface area contributed by atoms with Crippen LogP contribution in [0.3, 0.4) is 0 Å². The van der Waals surface area contributed by atoms with Gasteiger partial charge in [-0.25, -0.2) is 0 Å². The van der Waals surface area contributed by atoms with Crippen LogP contribution in [-0.2, 0) is 0 Å². The molecule has 2 N–H and O–H groups in total. The second kappa shape index (κ2) is 6.51. The molecule has 1 heterocycles. The lowest BCUT2D eigenvalue weighted by atomic mass is 10.6. The maximum atomic E-state index is 8.31. The third-order valence-electron chi connectivity index (χ3n) is 1.45. The van der Waals surface area contributed by atoms with Gasteiger partial charge < -0.3 is 10.6 Å². The van der Waals surface area contributed by atoms with Crippen molar-refractivity contribution < 1.29 is 0 Å². The highest BCUT2D eigenvalue weighted by Gasteiger charge is 2.03. The van der Waals surface area contributed by atoms with Gasteiger partial charge in [0.1, 0.15) is 0 Å². The average molecular weight is 228 g/mol. The first-order valence-electron chi connectivity index (χ1n) is 4.46. The van der Waals surface area contributed by atoms with Gasteiger partial charge in [-0.2, -0.15) is 15.0 Å². The summed E-state index contributed by atoms with van der Waals surface area (Å²) in [4.78, 5) is 14.2. The first-order chi connectivity index (χ1) is 8.30. The van der Waals surface area contributed by atoms with Crippen LogP contribution in [0.5, 0.6) is 0 Å². The topological polar surface area (TPSA) is 111 Å². The molecular weight excluding hydrogens is 220 g/mol. The molecule has 0 aromatic carbocycles. The van der Waals surface area contributed by atoms with E-state index in [1.807, 2.05) is 0 Å². The van der Waals surface area contributed by atoms with E-state index in [4.69, 9.17) is 18.4 Å². The molecule has 0 fully saturated rings. The Labute approximate surface area is 97.5 Å². The normalized spacial score (nSPS) is 8.35. The molecule has 1 rings (SSSR count). The number of hydrogen-bond donors (Lipinski definition) is 2. The summed E-state index contributed by atoms with van der Waals surface area (Å²) in [5, 5.41) is 8.75. The second-order valence-corrected chi connectivity index (χ2v) is 2.59. The van der Waals surface area contributed by atoms with Crippen LogP contribution >= 0.6 is 0 Å². The number of nitrogens with zero attached hydrogens (tertiary/aromatic N) is 6. The van der Waals surface area contributed by atoms with E-state index >= 15 is 0 Å². The lowest BCUT2D eigenvalue weighted by Gasteiger charge is -2.05. The van der Waals surface area contributed by atoms with Crippen LogP contribution in [0.25, 0.3) is 10.4 Å². The van der Waals surface area contributed by atoms with Gasteiger partial charge in [-0.05, 0) is 10.6 Å². The first kappa shape index (κ1) is 12.1. The number of azide groups is 1. The zero-order chi connectivity index (χ0) is 12.5. The van der Waals surface area contributed by atoms with Crippen LogP contribution in [0, 0.1) is 24.7 Å². The Bertz CT molecular complexity index is 481. The molecule has 8 heteroatoms. The average Bonchev–Trinajstić information content (AvgIpc) is 2.34. The first-order valence-corrected chi connectivity index (χ1v) is 4.46. The van der Waals surface area contributed by atoms with E-state index in [-0.39, 0.29) is 30.9 Å². The maximum absolute atomic E-state index is 8.31. The fraction of sp³-hybridized carbons (Fsp3) is 0.222. The van der Waals surface area contributed by atoms with Gasteiger partial charge in [-0.3, -0.25) is 0 Å². The van der Waals surface area contributed by atoms with Gasteiger partial charge in [0.2, 0.25) is 17.8 Å². The highest BCUT2D eigenvalue weighted by molar-refractivity contribution is 5.40. The zero-order valence-corrected chi connectivity index (χ0v) is 8.75. The standard InChI is InChI=1S/C9H8N8/c1-3-5-11-7-13-8(12-6-4-2)15-9(14-7)16-17-10/h1-2H,5-6H2,(H2,11,12,13,14,15). The van der Waals surface area contributed by atoms with E-state index in [0.29, 0.717) is 0 Å². The van der Waals surface area contributed by atoms with Crippen LogP contribution in [0.1, 0.15) is 0 Å². The molecular formula is C9H8N8. The third kappa shape index (κ3) is 3.96. The molecule has 1 aromatic heterocycles. The molecule has 0 aliphatic heterocycles. The lowest BCUT2D eigenvalue weighted by molar-refractivity contribution is 1.01. The van der Waals surface area contributed by atoms with Crippen molar-refractivity contribution in [2.24, 2.45) is 5.11 Å². The third-order valence-corrected chi connectivity index (χ3v) is 1.45. The quantitative estimate of drug-likeness (QED) is 0.336. The van der Waals surface area contributed by atoms with Crippen molar-refractivity contribution in [3.63, 3.8) is 0 Å². The Kier molecular flexibility index (Phi) is 4.64. The largest absolute Gasteiger partial charge is 0.343 e. The van der Waals surface area contributed by atoms with Crippen molar-refractivity contribution in [1.29, 1.82) is 0 Å². The van der Waals surface area contributed by atoms with Crippen LogP contribution in [0.2, 0.25) is 0 Å². The molecule has 0 saturated carbocycles. The Hall–Kier alpha value is -2.96. The SMILES string of the molecule is C#CCNc1nc(N=[N+]=[N-])nc(NCC#C)n1. The van der Waals surface area contributed by atoms with Gasteiger partial charge >= 0.3 is 0 Å². The molecule has 17 heavy (non-hydrogen) atoms. The molecule has 8 nitrogen and oxygen atoms in total. The molecule has 0 bridgehead atoms. The zero-order valence-electron chi connectivity index (χ0n) is 8.75. The van der Waals surface area contributed by atoms with Gasteiger partial charge in [0.05, 0.1) is 13.1 Å². The van der Waals surface area contributed by atoms with Crippen molar-refractivity contribution in [2.75, 3.05) is 23.7 Å². The van der Waals surface area contributed by atoms with Gasteiger partial charge in [-0.15, -0.1) is 12.8 Å². The van der Waals surface area contributed by atoms with E-state index in [1.54, 1.807) is 0 Å². The molecule has 0 aliphatic rings. The molecule has 0 aliphatic carbocycles. The molecule has 84 valence electrons. The van der Waals surface area contributed by atoms with Crippen LogP contribution < -0.4 is 10.6 Å². The van der Waals surface area contributed by atoms with E-state index in [2.05, 4.69) is 47.5 Å². The highest BCUT2D eigenvalue weighted by Crippen LogP contribution is 2.11. The molecule has 0 amide bonds. The van der Waals surface area contributed by atoms with Gasteiger partial charge in [0, 0.05) is 4.91 Å². The summed E-state index contributed by atoms with van der Waals surface area (Å²) >= 11 is 0. The Morgan fingerprint density at radius 2 is 1.65 bits per heavy atom. The Morgan fingerprint density at radius 1 is 1.12 bits per heavy atom. The van der Waals surface area contributed by atoms with Gasteiger partial charge in [0.25, 0.3) is 0 Å². The Balaban J connectivity index is 2.97. The number of aromatic nitrogens is 3. The van der Waals surface area contributed by atoms with Crippen molar-refractivity contribution in [1.82, 2.24) is 15.0 Å². The fourth-order valence-corrected chi connectivity index (χ4v) is 0.868. The van der Waals surface area contributed by atoms with Crippen LogP contribution in [-0.4, -0.2) is 28.0 Å². The number of terminal acetylenes is 2. The summed E-state index contributed by atoms with van der Waals surface area (Å²) in [7, 11) is 0. The molecule has 0 spiro atoms. The number of anilines is 2. The van der Waals surface area contributed by atoms with Gasteiger partial charge in [-0.1, -0.05) is 11.8 Å². The minimum Gasteiger partial charge on any atom is -0.343 e. The van der Waals surface area contributed by atoms with Crippen molar-refractivity contribution >= 4 is 17.8 Å². The fourth-order valence-electron chi connectivity index (χ4n) is 0.868. The van der Waals surface area contributed by atoms with Gasteiger partial charge in [0.15, 0.2) is 0 Å². The highest BCUT2D eigenvalue weighted by atomic mass is 15.3. The monoisotopic (exact) mass is 228 g/mol. The molecule has 0 unspecified atom stereocenters. The number of hydrogen-bond acceptors (Lipinski definition) is 6. The van der Waals surface area contributed by atoms with E-state index in [1.165, 1.54) is 0 Å². The molecule has 0 saturated heterocycles. The maximum Gasteiger partial charge on any atom is 0.228 e. The minimum absolute atomic E-state index is 0.0680. The summed E-state index contributed by atoms with van der Waals surface area (Å²) in [5.74, 6) is 5.07. The minimum atomic E-state index is -0.0680. The Morgan fingerprint density at radius 3 is 2.06 bits per heavy atom. The number of rotatable bonds is 5. The summed E-state index contributed by atoms with van der Waals surface area (Å²) in [6, 6.07) is 0. The predicted octanol–water partition coefficient (Wildman–Crippen LogP) is 0.904. The van der Waals surface area contributed by atoms with Crippen molar-refractivity contribution in [2.45, 2.75) is 0 Å². The number of nitrogens with one attached hydrogen (secondary N) is 2. The van der Waals surface area contributed by atoms with Crippen molar-refractivity contribution in [3.8, 4) is 24.7 Å². The molecule has 0 atom stereocenters. The van der Waals surface area contributed by atoms with E-state index in [0.717, 1.165) is 0 Å². The summed E-state index contributed by atoms with van der Waals surface area (Å²) in [6.07, 6.45) is 10.2. The summed E-state index contributed by atoms with van der Waals surface area (Å²) < 4.78 is 0. The smallest absolute Gasteiger partial charge is 0.228 e. The second-order valence-electron chi connectivity index (χ2n) is 2.59. The summed E-state index contributed by atoms with van der Waals surface area (Å²) in [5.41, 5.74) is 8.31. The predicted molar refractivity (Wildman–Crippen MR) is 63.3 cm³/mol. The van der Waals surface area contributed by atoms with Crippen LogP contribution in [0.4, 0.5) is 17.8 Å². The van der Waals surface area contributed by atoms with E-state index < -0.39 is 0 Å². The van der Waals surface area contributed by atoms with Crippen LogP contribution in [0.15, 0.2) is 5.11 Å². The lowest BCUT2D eigenvalue weighted by Crippen LogP contribution is -2.09. The summed E-state index contributed by atoms with van der Waals surface area (Å²) in [6.45, 7) is 0.489. The van der Waals surface area contributed by atoms with Crippen molar-refractivity contribution in [3.05, 3.63) is 10.4 Å². The molecule has 0 radical (unpaired) electrons.